The van der Waals surface area contributed by atoms with Crippen molar-refractivity contribution in [3.05, 3.63) is 59.1 Å². The van der Waals surface area contributed by atoms with Crippen LogP contribution in [0.1, 0.15) is 5.56 Å². The molecule has 2 aromatic carbocycles. The van der Waals surface area contributed by atoms with E-state index in [2.05, 4.69) is 0 Å². The first-order valence-corrected chi connectivity index (χ1v) is 6.56. The second kappa shape index (κ2) is 6.07. The number of benzene rings is 2. The van der Waals surface area contributed by atoms with E-state index in [0.29, 0.717) is 5.02 Å². The van der Waals surface area contributed by atoms with Gasteiger partial charge < -0.3 is 15.9 Å². The Bertz CT molecular complexity index is 600. The van der Waals surface area contributed by atoms with Crippen LogP contribution in [0.3, 0.4) is 0 Å². The van der Waals surface area contributed by atoms with Gasteiger partial charge >= 0.3 is 0 Å². The van der Waals surface area contributed by atoms with Crippen molar-refractivity contribution in [3.8, 4) is 11.1 Å². The van der Waals surface area contributed by atoms with E-state index >= 15 is 0 Å². The second-order valence-corrected chi connectivity index (χ2v) is 5.08. The fourth-order valence-corrected chi connectivity index (χ4v) is 2.03. The van der Waals surface area contributed by atoms with Crippen LogP contribution < -0.4 is 5.73 Å². The third-order valence-corrected chi connectivity index (χ3v) is 3.44. The zero-order valence-corrected chi connectivity index (χ0v) is 11.6. The molecule has 112 valence electrons. The molecule has 0 saturated heterocycles. The van der Waals surface area contributed by atoms with Gasteiger partial charge in [-0.25, -0.2) is 0 Å². The third kappa shape index (κ3) is 3.39. The van der Waals surface area contributed by atoms with Crippen LogP contribution in [0.15, 0.2) is 48.5 Å². The fourth-order valence-electron chi connectivity index (χ4n) is 1.91. The number of alkyl halides is 2. The quantitative estimate of drug-likeness (QED) is 0.760. The van der Waals surface area contributed by atoms with Crippen LogP contribution in [-0.4, -0.2) is 22.5 Å². The Morgan fingerprint density at radius 2 is 1.33 bits per heavy atom. The van der Waals surface area contributed by atoms with Crippen molar-refractivity contribution in [1.29, 1.82) is 0 Å². The third-order valence-electron chi connectivity index (χ3n) is 3.19. The highest BCUT2D eigenvalue weighted by Gasteiger charge is 2.42. The topological polar surface area (TPSA) is 66.5 Å². The maximum atomic E-state index is 13.9. The molecule has 0 aliphatic rings. The van der Waals surface area contributed by atoms with E-state index in [-0.39, 0.29) is 5.56 Å². The molecule has 3 nitrogen and oxygen atoms in total. The summed E-state index contributed by atoms with van der Waals surface area (Å²) in [6.45, 7) is 0. The first-order chi connectivity index (χ1) is 9.82. The van der Waals surface area contributed by atoms with Gasteiger partial charge in [0, 0.05) is 10.6 Å². The lowest BCUT2D eigenvalue weighted by Crippen LogP contribution is -2.47. The van der Waals surface area contributed by atoms with Crippen molar-refractivity contribution in [2.45, 2.75) is 18.3 Å². The first kappa shape index (κ1) is 15.9. The highest BCUT2D eigenvalue weighted by Crippen LogP contribution is 2.33. The Morgan fingerprint density at radius 1 is 0.905 bits per heavy atom. The largest absolute Gasteiger partial charge is 0.367 e. The highest BCUT2D eigenvalue weighted by atomic mass is 35.5. The number of halogens is 3. The number of nitrogens with two attached hydrogens (primary N) is 1. The van der Waals surface area contributed by atoms with Gasteiger partial charge in [-0.05, 0) is 23.3 Å². The molecule has 0 fully saturated rings. The van der Waals surface area contributed by atoms with Crippen molar-refractivity contribution >= 4 is 11.6 Å². The SMILES string of the molecule is NC(C(O)O)C(F)(F)c1ccc(-c2ccc(Cl)cc2)cc1. The summed E-state index contributed by atoms with van der Waals surface area (Å²) < 4.78 is 27.8. The number of aliphatic hydroxyl groups is 2. The number of hydrogen-bond donors (Lipinski definition) is 3. The van der Waals surface area contributed by atoms with Gasteiger partial charge in [-0.3, -0.25) is 0 Å². The summed E-state index contributed by atoms with van der Waals surface area (Å²) >= 11 is 5.79. The summed E-state index contributed by atoms with van der Waals surface area (Å²) in [5, 5.41) is 18.2. The van der Waals surface area contributed by atoms with Gasteiger partial charge in [0.1, 0.15) is 6.04 Å². The van der Waals surface area contributed by atoms with Gasteiger partial charge in [-0.1, -0.05) is 48.0 Å². The molecule has 4 N–H and O–H groups in total. The van der Waals surface area contributed by atoms with Crippen LogP contribution in [0.2, 0.25) is 5.02 Å². The minimum absolute atomic E-state index is 0.374. The number of hydrogen-bond acceptors (Lipinski definition) is 3. The van der Waals surface area contributed by atoms with Crippen molar-refractivity contribution in [3.63, 3.8) is 0 Å². The van der Waals surface area contributed by atoms with E-state index in [9.17, 15) is 8.78 Å². The Kier molecular flexibility index (Phi) is 4.58. The zero-order chi connectivity index (χ0) is 15.6. The fraction of sp³-hybridized carbons (Fsp3) is 0.200. The van der Waals surface area contributed by atoms with Crippen molar-refractivity contribution in [2.75, 3.05) is 0 Å². The molecule has 0 aliphatic heterocycles. The van der Waals surface area contributed by atoms with Gasteiger partial charge in [0.25, 0.3) is 5.92 Å². The molecule has 0 spiro atoms. The molecule has 0 radical (unpaired) electrons. The Morgan fingerprint density at radius 3 is 1.76 bits per heavy atom. The van der Waals surface area contributed by atoms with Crippen LogP contribution in [-0.2, 0) is 5.92 Å². The molecule has 21 heavy (non-hydrogen) atoms. The summed E-state index contributed by atoms with van der Waals surface area (Å²) in [7, 11) is 0. The van der Waals surface area contributed by atoms with E-state index < -0.39 is 18.3 Å². The molecule has 0 bridgehead atoms. The molecule has 0 saturated carbocycles. The van der Waals surface area contributed by atoms with Crippen molar-refractivity contribution in [1.82, 2.24) is 0 Å². The first-order valence-electron chi connectivity index (χ1n) is 6.18. The molecule has 0 heterocycles. The van der Waals surface area contributed by atoms with E-state index in [1.807, 2.05) is 0 Å². The predicted molar refractivity (Wildman–Crippen MR) is 77.0 cm³/mol. The predicted octanol–water partition coefficient (Wildman–Crippen LogP) is 2.74. The number of aliphatic hydroxyl groups excluding tert-OH is 1. The van der Waals surface area contributed by atoms with Gasteiger partial charge in [-0.15, -0.1) is 0 Å². The van der Waals surface area contributed by atoms with Gasteiger partial charge in [-0.2, -0.15) is 8.78 Å². The number of rotatable bonds is 4. The summed E-state index contributed by atoms with van der Waals surface area (Å²) in [6, 6.07) is 10.3. The highest BCUT2D eigenvalue weighted by molar-refractivity contribution is 6.30. The molecule has 1 atom stereocenters. The monoisotopic (exact) mass is 313 g/mol. The van der Waals surface area contributed by atoms with E-state index in [1.165, 1.54) is 24.3 Å². The average Bonchev–Trinajstić information content (AvgIpc) is 2.47. The molecule has 0 amide bonds. The molecule has 6 heteroatoms. The van der Waals surface area contributed by atoms with Crippen molar-refractivity contribution < 1.29 is 19.0 Å². The van der Waals surface area contributed by atoms with Gasteiger partial charge in [0.15, 0.2) is 6.29 Å². The van der Waals surface area contributed by atoms with Crippen molar-refractivity contribution in [2.24, 2.45) is 5.73 Å². The summed E-state index contributed by atoms with van der Waals surface area (Å²) in [5.41, 5.74) is 6.33. The minimum atomic E-state index is -3.54. The van der Waals surface area contributed by atoms with Crippen LogP contribution >= 0.6 is 11.6 Å². The van der Waals surface area contributed by atoms with E-state index in [4.69, 9.17) is 27.5 Å². The van der Waals surface area contributed by atoms with Crippen LogP contribution in [0.4, 0.5) is 8.78 Å². The van der Waals surface area contributed by atoms with Gasteiger partial charge in [0.05, 0.1) is 0 Å². The second-order valence-electron chi connectivity index (χ2n) is 4.65. The van der Waals surface area contributed by atoms with E-state index in [0.717, 1.165) is 11.1 Å². The maximum absolute atomic E-state index is 13.9. The maximum Gasteiger partial charge on any atom is 0.292 e. The Hall–Kier alpha value is -1.53. The molecule has 0 aromatic heterocycles. The standard InChI is InChI=1S/C15H14ClF2NO2/c16-12-7-3-10(4-8-12)9-1-5-11(6-2-9)15(17,18)13(19)14(20)21/h1-8,13-14,20-21H,19H2. The average molecular weight is 314 g/mol. The Balaban J connectivity index is 2.28. The van der Waals surface area contributed by atoms with Crippen LogP contribution in [0.5, 0.6) is 0 Å². The normalized spacial score (nSPS) is 13.5. The lowest BCUT2D eigenvalue weighted by Gasteiger charge is -2.25. The Labute approximate surface area is 125 Å². The lowest BCUT2D eigenvalue weighted by atomic mass is 9.98. The van der Waals surface area contributed by atoms with E-state index in [1.54, 1.807) is 24.3 Å². The van der Waals surface area contributed by atoms with Gasteiger partial charge in [0.2, 0.25) is 0 Å². The summed E-state index contributed by atoms with van der Waals surface area (Å²) in [5.74, 6) is -3.54. The molecule has 2 aromatic rings. The smallest absolute Gasteiger partial charge is 0.292 e. The molecule has 0 aliphatic carbocycles. The molecule has 2 rings (SSSR count). The molecular formula is C15H14ClF2NO2. The van der Waals surface area contributed by atoms with Crippen LogP contribution in [0, 0.1) is 0 Å². The summed E-state index contributed by atoms with van der Waals surface area (Å²) in [4.78, 5) is 0. The lowest BCUT2D eigenvalue weighted by molar-refractivity contribution is -0.143. The summed E-state index contributed by atoms with van der Waals surface area (Å²) in [6.07, 6.45) is -2.30. The molecule has 1 unspecified atom stereocenters. The van der Waals surface area contributed by atoms with Crippen LogP contribution in [0.25, 0.3) is 11.1 Å². The molecular weight excluding hydrogens is 300 g/mol. The zero-order valence-electron chi connectivity index (χ0n) is 10.9. The minimum Gasteiger partial charge on any atom is -0.367 e.